The molecule has 0 aromatic heterocycles. The zero-order chi connectivity index (χ0) is 10.7. The predicted molar refractivity (Wildman–Crippen MR) is 30.8 cm³/mol. The average Bonchev–Trinajstić information content (AvgIpc) is 1.54. The van der Waals surface area contributed by atoms with Crippen molar-refractivity contribution >= 4 is 67.1 Å². The van der Waals surface area contributed by atoms with Crippen LogP contribution in [0.2, 0.25) is 0 Å². The maximum atomic E-state index is 8.52. The third-order valence-corrected chi connectivity index (χ3v) is 0. The molecule has 0 atom stereocenters. The van der Waals surface area contributed by atoms with Gasteiger partial charge in [0, 0.05) is 27.5 Å². The number of hydrogen-bond donors (Lipinski definition) is 0. The van der Waals surface area contributed by atoms with E-state index in [1.165, 1.54) is 0 Å². The predicted octanol–water partition coefficient (Wildman–Crippen LogP) is -9.39. The van der Waals surface area contributed by atoms with E-state index in [1.54, 1.807) is 0 Å². The van der Waals surface area contributed by atoms with E-state index in [2.05, 4.69) is 0 Å². The molecule has 0 saturated carbocycles. The molecule has 0 heterocycles. The molecule has 0 spiro atoms. The molecule has 0 fully saturated rings. The van der Waals surface area contributed by atoms with Crippen molar-refractivity contribution in [1.29, 1.82) is 0 Å². The van der Waals surface area contributed by atoms with E-state index in [0.717, 1.165) is 0 Å². The van der Waals surface area contributed by atoms with Crippen LogP contribution in [0.15, 0.2) is 0 Å². The Morgan fingerprint density at radius 3 is 0.500 bits per heavy atom. The molecule has 0 unspecified atom stereocenters. The smallest absolute Gasteiger partial charge is 0.672 e. The molecule has 0 rings (SSSR count). The molecule has 0 aliphatic carbocycles. The van der Waals surface area contributed by atoms with Crippen molar-refractivity contribution in [2.75, 3.05) is 0 Å². The first kappa shape index (κ1) is 29.2. The Morgan fingerprint density at radius 1 is 0.500 bits per heavy atom. The van der Waals surface area contributed by atoms with Crippen molar-refractivity contribution in [2.24, 2.45) is 0 Å². The van der Waals surface area contributed by atoms with Crippen molar-refractivity contribution in [3.05, 3.63) is 0 Å². The molecule has 72 valence electrons. The first-order chi connectivity index (χ1) is 5.20. The van der Waals surface area contributed by atoms with Gasteiger partial charge in [-0.25, -0.2) is 0 Å². The molecular weight excluding hydrogens is 368 g/mol. The van der Waals surface area contributed by atoms with Crippen LogP contribution in [0.3, 0.4) is 0 Å². The minimum atomic E-state index is -3.63. The minimum Gasteiger partial charge on any atom is -0.672 e. The summed E-state index contributed by atoms with van der Waals surface area (Å²) in [6.45, 7) is 0. The molecule has 0 aromatic carbocycles. The Hall–Kier alpha value is 0.123. The third kappa shape index (κ3) is 98500. The first-order valence-electron chi connectivity index (χ1n) is 1.84. The van der Waals surface area contributed by atoms with E-state index < -0.39 is 27.5 Å². The van der Waals surface area contributed by atoms with Crippen LogP contribution in [-0.2, 0) is 13.4 Å². The molecule has 14 heteroatoms. The van der Waals surface area contributed by atoms with Crippen molar-refractivity contribution in [3.8, 4) is 0 Å². The van der Waals surface area contributed by atoms with Crippen LogP contribution in [0.25, 0.3) is 0 Å². The normalized spacial score (nSPS) is 5.14. The Balaban J connectivity index is -0.0000000270. The summed E-state index contributed by atoms with van der Waals surface area (Å²) in [5.41, 5.74) is 0. The van der Waals surface area contributed by atoms with E-state index in [1.807, 2.05) is 0 Å². The van der Waals surface area contributed by atoms with Crippen LogP contribution >= 0.6 is 0 Å². The SMILES string of the molecule is O=[Si]([O-])[O-].O=[Si]([O-])[O-].O=[Si]([O-])[O-].[Ga+3].[Ga+3]. The van der Waals surface area contributed by atoms with Gasteiger partial charge in [0.25, 0.3) is 0 Å². The second kappa shape index (κ2) is 23.2. The summed E-state index contributed by atoms with van der Waals surface area (Å²) in [6, 6.07) is 0. The average molecular weight is 368 g/mol. The molecule has 0 N–H and O–H groups in total. The fourth-order valence-electron chi connectivity index (χ4n) is 0. The Kier molecular flexibility index (Phi) is 48.4. The van der Waals surface area contributed by atoms with Crippen molar-refractivity contribution in [3.63, 3.8) is 0 Å². The summed E-state index contributed by atoms with van der Waals surface area (Å²) >= 11 is 0. The molecule has 0 bridgehead atoms. The van der Waals surface area contributed by atoms with Crippen molar-refractivity contribution < 1.29 is 42.2 Å². The topological polar surface area (TPSA) is 190 Å². The number of hydrogen-bond acceptors (Lipinski definition) is 9. The third-order valence-electron chi connectivity index (χ3n) is 0. The van der Waals surface area contributed by atoms with Crippen LogP contribution in [0, 0.1) is 0 Å². The van der Waals surface area contributed by atoms with Crippen LogP contribution in [-0.4, -0.2) is 67.1 Å². The fraction of sp³-hybridized carbons (Fsp3) is 0. The van der Waals surface area contributed by atoms with Gasteiger partial charge >= 0.3 is 39.6 Å². The molecule has 0 aromatic rings. The maximum Gasteiger partial charge on any atom is 3.00 e. The van der Waals surface area contributed by atoms with E-state index in [0.29, 0.717) is 0 Å². The van der Waals surface area contributed by atoms with Gasteiger partial charge in [-0.3, -0.25) is 0 Å². The van der Waals surface area contributed by atoms with E-state index >= 15 is 0 Å². The van der Waals surface area contributed by atoms with Gasteiger partial charge in [0.1, 0.15) is 0 Å². The zero-order valence-corrected chi connectivity index (χ0v) is 14.2. The minimum absolute atomic E-state index is 0. The van der Waals surface area contributed by atoms with Crippen LogP contribution in [0.1, 0.15) is 0 Å². The molecular formula is Ga2O9Si3. The largest absolute Gasteiger partial charge is 3.00 e. The maximum absolute atomic E-state index is 8.52. The van der Waals surface area contributed by atoms with E-state index in [4.69, 9.17) is 42.2 Å². The van der Waals surface area contributed by atoms with Crippen molar-refractivity contribution in [2.45, 2.75) is 0 Å². The fourth-order valence-corrected chi connectivity index (χ4v) is 0. The summed E-state index contributed by atoms with van der Waals surface area (Å²) < 4.78 is 25.6. The van der Waals surface area contributed by atoms with Gasteiger partial charge in [-0.15, -0.1) is 0 Å². The molecule has 0 amide bonds. The molecule has 0 aliphatic rings. The summed E-state index contributed by atoms with van der Waals surface area (Å²) in [4.78, 5) is 51.1. The standard InChI is InChI=1S/2Ga.3O3Si/c;;3*1-4(2)3/q2*+3;3*-2. The summed E-state index contributed by atoms with van der Waals surface area (Å²) in [5.74, 6) is 0. The van der Waals surface area contributed by atoms with Gasteiger partial charge in [0.15, 0.2) is 0 Å². The summed E-state index contributed by atoms with van der Waals surface area (Å²) in [5, 5.41) is 0. The second-order valence-corrected chi connectivity index (χ2v) is 2.25. The van der Waals surface area contributed by atoms with Gasteiger partial charge in [0.2, 0.25) is 0 Å². The Bertz CT molecular complexity index is 116. The molecule has 0 saturated heterocycles. The molecule has 0 radical (unpaired) electrons. The van der Waals surface area contributed by atoms with Gasteiger partial charge in [-0.1, -0.05) is 0 Å². The Labute approximate surface area is 109 Å². The van der Waals surface area contributed by atoms with Gasteiger partial charge in [-0.05, 0) is 0 Å². The van der Waals surface area contributed by atoms with Crippen LogP contribution in [0.5, 0.6) is 0 Å². The van der Waals surface area contributed by atoms with Crippen molar-refractivity contribution in [1.82, 2.24) is 0 Å². The van der Waals surface area contributed by atoms with Gasteiger partial charge in [-0.2, -0.15) is 0 Å². The second-order valence-electron chi connectivity index (χ2n) is 0.750. The monoisotopic (exact) mass is 366 g/mol. The number of rotatable bonds is 0. The molecule has 0 aliphatic heterocycles. The van der Waals surface area contributed by atoms with Crippen LogP contribution < -0.4 is 28.8 Å². The zero-order valence-electron chi connectivity index (χ0n) is 6.33. The Morgan fingerprint density at radius 2 is 0.500 bits per heavy atom. The van der Waals surface area contributed by atoms with Crippen LogP contribution in [0.4, 0.5) is 0 Å². The van der Waals surface area contributed by atoms with E-state index in [9.17, 15) is 0 Å². The summed E-state index contributed by atoms with van der Waals surface area (Å²) in [7, 11) is -10.9. The van der Waals surface area contributed by atoms with Gasteiger partial charge in [0.05, 0.1) is 0 Å². The van der Waals surface area contributed by atoms with E-state index in [-0.39, 0.29) is 39.6 Å². The first-order valence-corrected chi connectivity index (χ1v) is 5.51. The molecule has 14 heavy (non-hydrogen) atoms. The van der Waals surface area contributed by atoms with Gasteiger partial charge < -0.3 is 42.2 Å². The summed E-state index contributed by atoms with van der Waals surface area (Å²) in [6.07, 6.45) is 0. The molecule has 9 nitrogen and oxygen atoms in total. The quantitative estimate of drug-likeness (QED) is 0.374.